The minimum Gasteiger partial charge on any atom is -0.345 e. The number of anilines is 2. The molecule has 0 amide bonds. The Morgan fingerprint density at radius 3 is 1.68 bits per heavy atom. The highest BCUT2D eigenvalue weighted by Crippen LogP contribution is 2.56. The molecule has 0 aromatic heterocycles. The van der Waals surface area contributed by atoms with Gasteiger partial charge in [0.15, 0.2) is 0 Å². The number of hydrogen-bond donors (Lipinski definition) is 0. The third-order valence-electron chi connectivity index (χ3n) is 8.93. The molecule has 1 nitrogen and oxygen atoms in total. The molecule has 1 spiro atoms. The zero-order valence-corrected chi connectivity index (χ0v) is 22.0. The molecule has 0 bridgehead atoms. The van der Waals surface area contributed by atoms with Crippen LogP contribution in [0, 0.1) is 0 Å². The first-order valence-corrected chi connectivity index (χ1v) is 14.0. The highest BCUT2D eigenvalue weighted by molar-refractivity contribution is 5.84. The monoisotopic (exact) mass is 491 g/mol. The summed E-state index contributed by atoms with van der Waals surface area (Å²) in [4.78, 5) is 2.34. The first-order valence-electron chi connectivity index (χ1n) is 14.0. The Labute approximate surface area is 226 Å². The number of hydrogen-bond acceptors (Lipinski definition) is 1. The zero-order valence-electron chi connectivity index (χ0n) is 22.0. The summed E-state index contributed by atoms with van der Waals surface area (Å²) < 4.78 is 0. The summed E-state index contributed by atoms with van der Waals surface area (Å²) >= 11 is 0. The van der Waals surface area contributed by atoms with Gasteiger partial charge in [-0.1, -0.05) is 116 Å². The molecule has 0 saturated heterocycles. The Bertz CT molecular complexity index is 1570. The molecule has 38 heavy (non-hydrogen) atoms. The summed E-state index contributed by atoms with van der Waals surface area (Å²) in [5.74, 6) is 0. The van der Waals surface area contributed by atoms with Crippen molar-refractivity contribution in [2.24, 2.45) is 0 Å². The van der Waals surface area contributed by atoms with Crippen molar-refractivity contribution in [3.05, 3.63) is 132 Å². The maximum atomic E-state index is 2.48. The Kier molecular flexibility index (Phi) is 5.66. The Morgan fingerprint density at radius 2 is 1.00 bits per heavy atom. The third-order valence-corrected chi connectivity index (χ3v) is 8.93. The van der Waals surface area contributed by atoms with Crippen molar-refractivity contribution < 1.29 is 0 Å². The largest absolute Gasteiger partial charge is 0.345 e. The van der Waals surface area contributed by atoms with Crippen LogP contribution in [0.15, 0.2) is 121 Å². The highest BCUT2D eigenvalue weighted by Gasteiger charge is 2.43. The standard InChI is InChI=1S/C37H33N/c1-38(31-20-18-30(19-21-31)29-16-14-28(15-17-29)27-10-4-2-5-11-27)32-22-23-34-33-12-6-7-13-35(33)37(36(34)26-32)24-8-3-9-25-37/h2,4-7,10-23,26H,3,8-9,24-25H2,1H3. The van der Waals surface area contributed by atoms with Crippen molar-refractivity contribution in [3.8, 4) is 33.4 Å². The molecule has 0 radical (unpaired) electrons. The second-order valence-electron chi connectivity index (χ2n) is 11.0. The lowest BCUT2D eigenvalue weighted by molar-refractivity contribution is 0.353. The second-order valence-corrected chi connectivity index (χ2v) is 11.0. The van der Waals surface area contributed by atoms with Gasteiger partial charge < -0.3 is 4.90 Å². The molecule has 0 unspecified atom stereocenters. The molecular weight excluding hydrogens is 458 g/mol. The van der Waals surface area contributed by atoms with Crippen molar-refractivity contribution in [2.45, 2.75) is 37.5 Å². The maximum Gasteiger partial charge on any atom is 0.0411 e. The van der Waals surface area contributed by atoms with Gasteiger partial charge in [0.05, 0.1) is 0 Å². The molecule has 1 fully saturated rings. The van der Waals surface area contributed by atoms with Crippen molar-refractivity contribution >= 4 is 11.4 Å². The number of rotatable bonds is 4. The molecule has 0 heterocycles. The number of nitrogens with zero attached hydrogens (tertiary/aromatic N) is 1. The maximum absolute atomic E-state index is 2.48. The van der Waals surface area contributed by atoms with E-state index in [1.807, 2.05) is 0 Å². The zero-order chi connectivity index (χ0) is 25.5. The van der Waals surface area contributed by atoms with Gasteiger partial charge in [-0.25, -0.2) is 0 Å². The Balaban J connectivity index is 1.17. The van der Waals surface area contributed by atoms with Crippen LogP contribution in [-0.4, -0.2) is 7.05 Å². The molecule has 5 aromatic carbocycles. The van der Waals surface area contributed by atoms with Gasteiger partial charge in [0.25, 0.3) is 0 Å². The molecule has 5 aromatic rings. The fourth-order valence-corrected chi connectivity index (χ4v) is 6.86. The van der Waals surface area contributed by atoms with Crippen LogP contribution in [0.1, 0.15) is 43.2 Å². The molecule has 0 N–H and O–H groups in total. The summed E-state index contributed by atoms with van der Waals surface area (Å²) in [6, 6.07) is 44.7. The summed E-state index contributed by atoms with van der Waals surface area (Å²) in [5, 5.41) is 0. The van der Waals surface area contributed by atoms with E-state index in [9.17, 15) is 0 Å². The van der Waals surface area contributed by atoms with E-state index in [0.717, 1.165) is 0 Å². The van der Waals surface area contributed by atoms with Crippen LogP contribution in [0.4, 0.5) is 11.4 Å². The van der Waals surface area contributed by atoms with E-state index in [2.05, 4.69) is 133 Å². The smallest absolute Gasteiger partial charge is 0.0411 e. The average molecular weight is 492 g/mol. The van der Waals surface area contributed by atoms with E-state index in [4.69, 9.17) is 0 Å². The number of fused-ring (bicyclic) bond motifs is 5. The van der Waals surface area contributed by atoms with Gasteiger partial charge in [-0.2, -0.15) is 0 Å². The van der Waals surface area contributed by atoms with Crippen molar-refractivity contribution in [2.75, 3.05) is 11.9 Å². The molecule has 2 aliphatic carbocycles. The average Bonchev–Trinajstić information content (AvgIpc) is 3.26. The van der Waals surface area contributed by atoms with Gasteiger partial charge in [-0.05, 0) is 81.6 Å². The highest BCUT2D eigenvalue weighted by atomic mass is 15.1. The molecule has 1 saturated carbocycles. The van der Waals surface area contributed by atoms with Crippen LogP contribution in [0.5, 0.6) is 0 Å². The van der Waals surface area contributed by atoms with E-state index >= 15 is 0 Å². The second kappa shape index (κ2) is 9.33. The summed E-state index contributed by atoms with van der Waals surface area (Å²) in [6.45, 7) is 0. The molecule has 7 rings (SSSR count). The summed E-state index contributed by atoms with van der Waals surface area (Å²) in [5.41, 5.74) is 13.6. The predicted octanol–water partition coefficient (Wildman–Crippen LogP) is 10.0. The van der Waals surface area contributed by atoms with Crippen LogP contribution in [-0.2, 0) is 5.41 Å². The fraction of sp³-hybridized carbons (Fsp3) is 0.189. The summed E-state index contributed by atoms with van der Waals surface area (Å²) in [7, 11) is 2.20. The summed E-state index contributed by atoms with van der Waals surface area (Å²) in [6.07, 6.45) is 6.54. The molecule has 0 aliphatic heterocycles. The van der Waals surface area contributed by atoms with Gasteiger partial charge in [-0.15, -0.1) is 0 Å². The third kappa shape index (κ3) is 3.77. The minimum atomic E-state index is 0.191. The predicted molar refractivity (Wildman–Crippen MR) is 161 cm³/mol. The van der Waals surface area contributed by atoms with Crippen molar-refractivity contribution in [3.63, 3.8) is 0 Å². The molecule has 1 heteroatoms. The first-order chi connectivity index (χ1) is 18.7. The van der Waals surface area contributed by atoms with E-state index in [-0.39, 0.29) is 5.41 Å². The van der Waals surface area contributed by atoms with Crippen LogP contribution < -0.4 is 4.90 Å². The Morgan fingerprint density at radius 1 is 0.474 bits per heavy atom. The van der Waals surface area contributed by atoms with Crippen LogP contribution in [0.2, 0.25) is 0 Å². The quantitative estimate of drug-likeness (QED) is 0.242. The fourth-order valence-electron chi connectivity index (χ4n) is 6.86. The first kappa shape index (κ1) is 23.0. The molecule has 0 atom stereocenters. The molecule has 2 aliphatic rings. The van der Waals surface area contributed by atoms with Gasteiger partial charge in [-0.3, -0.25) is 0 Å². The van der Waals surface area contributed by atoms with E-state index in [0.29, 0.717) is 0 Å². The number of benzene rings is 5. The topological polar surface area (TPSA) is 3.24 Å². The van der Waals surface area contributed by atoms with E-state index in [1.165, 1.54) is 82.4 Å². The SMILES string of the molecule is CN(c1ccc(-c2ccc(-c3ccccc3)cc2)cc1)c1ccc2c(c1)C1(CCCCC1)c1ccccc1-2. The Hall–Kier alpha value is -4.10. The van der Waals surface area contributed by atoms with E-state index in [1.54, 1.807) is 5.56 Å². The molecule has 186 valence electrons. The van der Waals surface area contributed by atoms with Gasteiger partial charge in [0.1, 0.15) is 0 Å². The lowest BCUT2D eigenvalue weighted by atomic mass is 9.68. The minimum absolute atomic E-state index is 0.191. The molecular formula is C37H33N. The van der Waals surface area contributed by atoms with Crippen LogP contribution in [0.3, 0.4) is 0 Å². The van der Waals surface area contributed by atoms with Gasteiger partial charge in [0, 0.05) is 23.8 Å². The van der Waals surface area contributed by atoms with Gasteiger partial charge in [0.2, 0.25) is 0 Å². The van der Waals surface area contributed by atoms with Crippen molar-refractivity contribution in [1.29, 1.82) is 0 Å². The van der Waals surface area contributed by atoms with Crippen LogP contribution >= 0.6 is 0 Å². The van der Waals surface area contributed by atoms with E-state index < -0.39 is 0 Å². The normalized spacial score (nSPS) is 15.2. The lowest BCUT2D eigenvalue weighted by Crippen LogP contribution is -2.28. The van der Waals surface area contributed by atoms with Crippen molar-refractivity contribution in [1.82, 2.24) is 0 Å². The lowest BCUT2D eigenvalue weighted by Gasteiger charge is -2.36. The van der Waals surface area contributed by atoms with Gasteiger partial charge >= 0.3 is 0 Å². The van der Waals surface area contributed by atoms with Crippen LogP contribution in [0.25, 0.3) is 33.4 Å².